The number of carbonyl (C=O) groups is 1. The van der Waals surface area contributed by atoms with Crippen LogP contribution < -0.4 is 5.32 Å². The second kappa shape index (κ2) is 9.48. The van der Waals surface area contributed by atoms with Crippen LogP contribution in [-0.4, -0.2) is 55.0 Å². The maximum atomic E-state index is 12.4. The van der Waals surface area contributed by atoms with E-state index >= 15 is 0 Å². The molecule has 1 heterocycles. The molecule has 1 fully saturated rings. The van der Waals surface area contributed by atoms with Crippen molar-refractivity contribution < 1.29 is 14.3 Å². The average molecular weight is 328 g/mol. The van der Waals surface area contributed by atoms with Gasteiger partial charge in [-0.3, -0.25) is 0 Å². The van der Waals surface area contributed by atoms with Crippen LogP contribution in [0.25, 0.3) is 0 Å². The Morgan fingerprint density at radius 3 is 2.57 bits per heavy atom. The molecule has 1 N–H and O–H groups in total. The molecular weight excluding hydrogens is 292 g/mol. The van der Waals surface area contributed by atoms with Crippen molar-refractivity contribution in [2.75, 3.05) is 26.3 Å². The van der Waals surface area contributed by atoms with E-state index in [1.54, 1.807) is 0 Å². The van der Waals surface area contributed by atoms with E-state index in [2.05, 4.69) is 26.1 Å². The minimum atomic E-state index is -0.459. The molecule has 0 saturated carbocycles. The molecule has 0 radical (unpaired) electrons. The highest BCUT2D eigenvalue weighted by atomic mass is 16.6. The number of morpholine rings is 1. The maximum absolute atomic E-state index is 12.4. The van der Waals surface area contributed by atoms with Gasteiger partial charge in [-0.2, -0.15) is 0 Å². The summed E-state index contributed by atoms with van der Waals surface area (Å²) in [5, 5.41) is 3.61. The van der Waals surface area contributed by atoms with E-state index in [1.165, 1.54) is 12.8 Å². The standard InChI is InChI=1S/C18H36N2O3/c1-7-15(8-2)12-19-14(3)11-16-13-22-10-9-20(16)17(21)23-18(4,5)6/h14-16,19H,7-13H2,1-6H3. The van der Waals surface area contributed by atoms with Crippen LogP contribution in [0.2, 0.25) is 0 Å². The minimum absolute atomic E-state index is 0.0859. The topological polar surface area (TPSA) is 50.8 Å². The summed E-state index contributed by atoms with van der Waals surface area (Å²) in [6.45, 7) is 15.2. The first-order valence-electron chi connectivity index (χ1n) is 9.07. The largest absolute Gasteiger partial charge is 0.444 e. The van der Waals surface area contributed by atoms with E-state index in [1.807, 2.05) is 25.7 Å². The van der Waals surface area contributed by atoms with Crippen molar-refractivity contribution in [2.24, 2.45) is 5.92 Å². The highest BCUT2D eigenvalue weighted by Gasteiger charge is 2.31. The van der Waals surface area contributed by atoms with Gasteiger partial charge in [-0.15, -0.1) is 0 Å². The Morgan fingerprint density at radius 1 is 1.35 bits per heavy atom. The maximum Gasteiger partial charge on any atom is 0.410 e. The van der Waals surface area contributed by atoms with Crippen molar-refractivity contribution in [2.45, 2.75) is 78.5 Å². The fourth-order valence-electron chi connectivity index (χ4n) is 2.85. The molecule has 0 aliphatic carbocycles. The third kappa shape index (κ3) is 7.53. The fraction of sp³-hybridized carbons (Fsp3) is 0.944. The zero-order chi connectivity index (χ0) is 17.5. The molecule has 2 atom stereocenters. The second-order valence-electron chi connectivity index (χ2n) is 7.63. The number of ether oxygens (including phenoxy) is 2. The third-order valence-corrected chi connectivity index (χ3v) is 4.39. The summed E-state index contributed by atoms with van der Waals surface area (Å²) < 4.78 is 11.1. The molecule has 23 heavy (non-hydrogen) atoms. The molecule has 0 spiro atoms. The van der Waals surface area contributed by atoms with Gasteiger partial charge in [-0.25, -0.2) is 4.79 Å². The third-order valence-electron chi connectivity index (χ3n) is 4.39. The summed E-state index contributed by atoms with van der Waals surface area (Å²) in [6.07, 6.45) is 3.07. The normalized spacial score (nSPS) is 20.7. The SMILES string of the molecule is CCC(CC)CNC(C)CC1COCCN1C(=O)OC(C)(C)C. The number of amides is 1. The molecule has 0 aromatic carbocycles. The van der Waals surface area contributed by atoms with E-state index in [0.29, 0.717) is 25.8 Å². The first-order valence-corrected chi connectivity index (χ1v) is 9.07. The van der Waals surface area contributed by atoms with E-state index in [-0.39, 0.29) is 12.1 Å². The van der Waals surface area contributed by atoms with Gasteiger partial charge in [0.15, 0.2) is 0 Å². The predicted molar refractivity (Wildman–Crippen MR) is 93.7 cm³/mol. The van der Waals surface area contributed by atoms with Crippen LogP contribution in [0, 0.1) is 5.92 Å². The molecular formula is C18H36N2O3. The lowest BCUT2D eigenvalue weighted by Crippen LogP contribution is -2.52. The van der Waals surface area contributed by atoms with Crippen molar-refractivity contribution in [1.82, 2.24) is 10.2 Å². The van der Waals surface area contributed by atoms with Gasteiger partial charge in [0.05, 0.1) is 19.3 Å². The van der Waals surface area contributed by atoms with E-state index < -0.39 is 5.60 Å². The Bertz CT molecular complexity index is 351. The Hall–Kier alpha value is -0.810. The first-order chi connectivity index (χ1) is 10.8. The highest BCUT2D eigenvalue weighted by molar-refractivity contribution is 5.68. The fourth-order valence-corrected chi connectivity index (χ4v) is 2.85. The molecule has 1 aliphatic heterocycles. The van der Waals surface area contributed by atoms with Crippen molar-refractivity contribution >= 4 is 6.09 Å². The number of hydrogen-bond donors (Lipinski definition) is 1. The van der Waals surface area contributed by atoms with Gasteiger partial charge in [0.1, 0.15) is 5.60 Å². The lowest BCUT2D eigenvalue weighted by Gasteiger charge is -2.38. The minimum Gasteiger partial charge on any atom is -0.444 e. The lowest BCUT2D eigenvalue weighted by molar-refractivity contribution is -0.0356. The Labute approximate surface area is 142 Å². The molecule has 5 nitrogen and oxygen atoms in total. The zero-order valence-electron chi connectivity index (χ0n) is 15.9. The summed E-state index contributed by atoms with van der Waals surface area (Å²) in [5.74, 6) is 0.724. The van der Waals surface area contributed by atoms with Crippen LogP contribution in [-0.2, 0) is 9.47 Å². The number of carbonyl (C=O) groups excluding carboxylic acids is 1. The van der Waals surface area contributed by atoms with Crippen LogP contribution in [0.5, 0.6) is 0 Å². The van der Waals surface area contributed by atoms with Crippen LogP contribution in [0.3, 0.4) is 0 Å². The van der Waals surface area contributed by atoms with Crippen LogP contribution in [0.1, 0.15) is 60.8 Å². The molecule has 0 bridgehead atoms. The van der Waals surface area contributed by atoms with Gasteiger partial charge >= 0.3 is 6.09 Å². The first kappa shape index (κ1) is 20.2. The summed E-state index contributed by atoms with van der Waals surface area (Å²) in [7, 11) is 0. The van der Waals surface area contributed by atoms with Crippen LogP contribution in [0.15, 0.2) is 0 Å². The van der Waals surface area contributed by atoms with E-state index in [4.69, 9.17) is 9.47 Å². The number of nitrogens with zero attached hydrogens (tertiary/aromatic N) is 1. The van der Waals surface area contributed by atoms with Gasteiger partial charge in [0.25, 0.3) is 0 Å². The highest BCUT2D eigenvalue weighted by Crippen LogP contribution is 2.18. The molecule has 1 aliphatic rings. The van der Waals surface area contributed by atoms with Crippen molar-refractivity contribution in [1.29, 1.82) is 0 Å². The number of hydrogen-bond acceptors (Lipinski definition) is 4. The van der Waals surface area contributed by atoms with Gasteiger partial charge in [0.2, 0.25) is 0 Å². The molecule has 0 aromatic rings. The summed E-state index contributed by atoms with van der Waals surface area (Å²) >= 11 is 0. The molecule has 0 aromatic heterocycles. The Kier molecular flexibility index (Phi) is 8.34. The average Bonchev–Trinajstić information content (AvgIpc) is 2.47. The number of nitrogens with one attached hydrogen (secondary N) is 1. The van der Waals surface area contributed by atoms with Crippen LogP contribution >= 0.6 is 0 Å². The molecule has 1 amide bonds. The van der Waals surface area contributed by atoms with E-state index in [9.17, 15) is 4.79 Å². The Balaban J connectivity index is 2.52. The van der Waals surface area contributed by atoms with Crippen molar-refractivity contribution in [3.8, 4) is 0 Å². The molecule has 1 saturated heterocycles. The molecule has 2 unspecified atom stereocenters. The molecule has 1 rings (SSSR count). The van der Waals surface area contributed by atoms with Gasteiger partial charge in [0, 0.05) is 12.6 Å². The monoisotopic (exact) mass is 328 g/mol. The smallest absolute Gasteiger partial charge is 0.410 e. The van der Waals surface area contributed by atoms with Gasteiger partial charge < -0.3 is 19.7 Å². The Morgan fingerprint density at radius 2 is 2.00 bits per heavy atom. The lowest BCUT2D eigenvalue weighted by atomic mass is 10.0. The van der Waals surface area contributed by atoms with Gasteiger partial charge in [-0.05, 0) is 46.6 Å². The van der Waals surface area contributed by atoms with Crippen molar-refractivity contribution in [3.05, 3.63) is 0 Å². The second-order valence-corrected chi connectivity index (χ2v) is 7.63. The quantitative estimate of drug-likeness (QED) is 0.778. The van der Waals surface area contributed by atoms with E-state index in [0.717, 1.165) is 18.9 Å². The predicted octanol–water partition coefficient (Wildman–Crippen LogP) is 3.43. The van der Waals surface area contributed by atoms with Crippen molar-refractivity contribution in [3.63, 3.8) is 0 Å². The summed E-state index contributed by atoms with van der Waals surface area (Å²) in [5.41, 5.74) is -0.459. The number of rotatable bonds is 7. The molecule has 136 valence electrons. The van der Waals surface area contributed by atoms with Crippen LogP contribution in [0.4, 0.5) is 4.79 Å². The summed E-state index contributed by atoms with van der Waals surface area (Å²) in [4.78, 5) is 14.2. The van der Waals surface area contributed by atoms with Gasteiger partial charge in [-0.1, -0.05) is 26.7 Å². The molecule has 5 heteroatoms. The summed E-state index contributed by atoms with van der Waals surface area (Å²) in [6, 6.07) is 0.440. The zero-order valence-corrected chi connectivity index (χ0v) is 15.9.